The van der Waals surface area contributed by atoms with Crippen LogP contribution in [0.2, 0.25) is 0 Å². The van der Waals surface area contributed by atoms with E-state index in [1.54, 1.807) is 36.1 Å². The Hall–Kier alpha value is -2.74. The van der Waals surface area contributed by atoms with Gasteiger partial charge in [0, 0.05) is 17.8 Å². The summed E-state index contributed by atoms with van der Waals surface area (Å²) in [4.78, 5) is 14.9. The maximum atomic E-state index is 13.6. The van der Waals surface area contributed by atoms with Crippen molar-refractivity contribution in [2.75, 3.05) is 11.9 Å². The highest BCUT2D eigenvalue weighted by molar-refractivity contribution is 7.90. The smallest absolute Gasteiger partial charge is 0.285 e. The summed E-state index contributed by atoms with van der Waals surface area (Å²) in [5.41, 5.74) is 1.68. The van der Waals surface area contributed by atoms with Gasteiger partial charge in [0.2, 0.25) is 5.91 Å². The Bertz CT molecular complexity index is 1080. The molecule has 146 valence electrons. The normalized spacial score (nSPS) is 20.4. The fourth-order valence-electron chi connectivity index (χ4n) is 3.70. The summed E-state index contributed by atoms with van der Waals surface area (Å²) in [6.07, 6.45) is 2.25. The molecule has 1 N–H and O–H groups in total. The summed E-state index contributed by atoms with van der Waals surface area (Å²) < 4.78 is 42.3. The zero-order chi connectivity index (χ0) is 19.9. The molecule has 1 amide bonds. The average molecular weight is 401 g/mol. The van der Waals surface area contributed by atoms with Crippen molar-refractivity contribution in [3.63, 3.8) is 0 Å². The second-order valence-corrected chi connectivity index (χ2v) is 8.61. The number of piperidine rings is 1. The lowest BCUT2D eigenvalue weighted by Crippen LogP contribution is -2.50. The molecule has 2 aliphatic heterocycles. The summed E-state index contributed by atoms with van der Waals surface area (Å²) in [5, 5.41) is 2.79. The van der Waals surface area contributed by atoms with Crippen molar-refractivity contribution in [2.45, 2.75) is 37.1 Å². The first-order valence-electron chi connectivity index (χ1n) is 9.15. The molecule has 0 saturated carbocycles. The van der Waals surface area contributed by atoms with Crippen LogP contribution < -0.4 is 5.32 Å². The number of amidine groups is 1. The zero-order valence-electron chi connectivity index (χ0n) is 15.4. The van der Waals surface area contributed by atoms with E-state index in [1.807, 2.05) is 0 Å². The van der Waals surface area contributed by atoms with Crippen LogP contribution >= 0.6 is 0 Å². The molecule has 2 aliphatic rings. The largest absolute Gasteiger partial charge is 0.343 e. The van der Waals surface area contributed by atoms with Gasteiger partial charge in [-0.15, -0.1) is 4.40 Å². The number of benzene rings is 2. The van der Waals surface area contributed by atoms with Crippen LogP contribution in [0.4, 0.5) is 10.1 Å². The zero-order valence-corrected chi connectivity index (χ0v) is 16.2. The third-order valence-corrected chi connectivity index (χ3v) is 6.47. The number of carbonyl (C=O) groups is 1. The van der Waals surface area contributed by atoms with E-state index < -0.39 is 21.9 Å². The molecule has 6 nitrogen and oxygen atoms in total. The van der Waals surface area contributed by atoms with Crippen LogP contribution in [0.1, 0.15) is 30.4 Å². The first-order chi connectivity index (χ1) is 13.4. The molecule has 1 atom stereocenters. The Labute approximate surface area is 163 Å². The van der Waals surface area contributed by atoms with Gasteiger partial charge in [0.05, 0.1) is 0 Å². The van der Waals surface area contributed by atoms with E-state index in [-0.39, 0.29) is 10.8 Å². The highest BCUT2D eigenvalue weighted by Crippen LogP contribution is 2.31. The van der Waals surface area contributed by atoms with E-state index in [0.29, 0.717) is 30.1 Å². The topological polar surface area (TPSA) is 78.8 Å². The van der Waals surface area contributed by atoms with Crippen molar-refractivity contribution in [3.05, 3.63) is 59.4 Å². The van der Waals surface area contributed by atoms with Crippen LogP contribution in [-0.2, 0) is 14.8 Å². The van der Waals surface area contributed by atoms with Crippen molar-refractivity contribution in [1.29, 1.82) is 0 Å². The number of halogens is 1. The molecule has 0 unspecified atom stereocenters. The first kappa shape index (κ1) is 18.6. The van der Waals surface area contributed by atoms with Gasteiger partial charge in [0.1, 0.15) is 16.8 Å². The van der Waals surface area contributed by atoms with E-state index in [1.165, 1.54) is 18.2 Å². The molecule has 28 heavy (non-hydrogen) atoms. The molecular weight excluding hydrogens is 381 g/mol. The molecule has 1 saturated heterocycles. The van der Waals surface area contributed by atoms with Gasteiger partial charge < -0.3 is 10.2 Å². The van der Waals surface area contributed by atoms with Gasteiger partial charge in [-0.3, -0.25) is 4.79 Å². The lowest BCUT2D eigenvalue weighted by Gasteiger charge is -2.36. The summed E-state index contributed by atoms with van der Waals surface area (Å²) in [7, 11) is -3.76. The number of fused-ring (bicyclic) bond motifs is 1. The van der Waals surface area contributed by atoms with E-state index in [2.05, 4.69) is 9.71 Å². The van der Waals surface area contributed by atoms with Gasteiger partial charge in [-0.1, -0.05) is 18.2 Å². The molecule has 2 aromatic carbocycles. The quantitative estimate of drug-likeness (QED) is 0.839. The van der Waals surface area contributed by atoms with Crippen molar-refractivity contribution in [3.8, 4) is 0 Å². The molecule has 0 radical (unpaired) electrons. The second kappa shape index (κ2) is 7.01. The standard InChI is InChI=1S/C20H20FN3O3S/c1-13-9-10-14(21)12-16(13)22-20(25)17-7-4-5-11-24(17)19-15-6-2-3-8-18(15)28(26,27)23-19/h2-3,6,8-10,12,17H,4-5,7,11H2,1H3,(H,22,25)/t17-/m0/s1. The molecule has 0 bridgehead atoms. The Kier molecular flexibility index (Phi) is 4.66. The number of likely N-dealkylation sites (tertiary alicyclic amines) is 1. The molecule has 2 heterocycles. The minimum atomic E-state index is -3.76. The van der Waals surface area contributed by atoms with E-state index in [9.17, 15) is 17.6 Å². The van der Waals surface area contributed by atoms with Gasteiger partial charge >= 0.3 is 0 Å². The number of sulfonamides is 1. The molecule has 0 aliphatic carbocycles. The number of nitrogens with zero attached hydrogens (tertiary/aromatic N) is 2. The number of hydrogen-bond acceptors (Lipinski definition) is 4. The lowest BCUT2D eigenvalue weighted by molar-refractivity contribution is -0.120. The second-order valence-electron chi connectivity index (χ2n) is 7.04. The maximum Gasteiger partial charge on any atom is 0.285 e. The van der Waals surface area contributed by atoms with Crippen LogP contribution in [0.3, 0.4) is 0 Å². The van der Waals surface area contributed by atoms with E-state index >= 15 is 0 Å². The molecule has 8 heteroatoms. The molecule has 0 aromatic heterocycles. The SMILES string of the molecule is Cc1ccc(F)cc1NC(=O)[C@@H]1CCCCN1C1=NS(=O)(=O)c2ccccc21. The fraction of sp³-hybridized carbons (Fsp3) is 0.300. The fourth-order valence-corrected chi connectivity index (χ4v) is 4.92. The summed E-state index contributed by atoms with van der Waals surface area (Å²) in [6, 6.07) is 10.3. The van der Waals surface area contributed by atoms with Gasteiger partial charge in [-0.05, 0) is 56.0 Å². The van der Waals surface area contributed by atoms with Crippen LogP contribution in [0.15, 0.2) is 51.8 Å². The number of nitrogens with one attached hydrogen (secondary N) is 1. The maximum absolute atomic E-state index is 13.6. The molecular formula is C20H20FN3O3S. The van der Waals surface area contributed by atoms with Crippen LogP contribution in [0.5, 0.6) is 0 Å². The number of carbonyl (C=O) groups excluding carboxylic acids is 1. The number of amides is 1. The number of rotatable bonds is 2. The van der Waals surface area contributed by atoms with Crippen molar-refractivity contribution < 1.29 is 17.6 Å². The molecule has 0 spiro atoms. The monoisotopic (exact) mass is 401 g/mol. The van der Waals surface area contributed by atoms with Crippen LogP contribution in [0.25, 0.3) is 0 Å². The van der Waals surface area contributed by atoms with Crippen LogP contribution in [0, 0.1) is 12.7 Å². The summed E-state index contributed by atoms with van der Waals surface area (Å²) >= 11 is 0. The summed E-state index contributed by atoms with van der Waals surface area (Å²) in [5.74, 6) is -0.411. The van der Waals surface area contributed by atoms with Crippen molar-refractivity contribution in [2.24, 2.45) is 4.40 Å². The van der Waals surface area contributed by atoms with Gasteiger partial charge in [0.25, 0.3) is 10.0 Å². The molecule has 1 fully saturated rings. The lowest BCUT2D eigenvalue weighted by atomic mass is 9.99. The first-order valence-corrected chi connectivity index (χ1v) is 10.6. The van der Waals surface area contributed by atoms with Gasteiger partial charge in [0.15, 0.2) is 5.84 Å². The van der Waals surface area contributed by atoms with Crippen LogP contribution in [-0.4, -0.2) is 37.6 Å². The third-order valence-electron chi connectivity index (χ3n) is 5.15. The highest BCUT2D eigenvalue weighted by Gasteiger charge is 2.38. The molecule has 4 rings (SSSR count). The minimum absolute atomic E-state index is 0.163. The number of aryl methyl sites for hydroxylation is 1. The Morgan fingerprint density at radius 1 is 1.21 bits per heavy atom. The third kappa shape index (κ3) is 3.28. The van der Waals surface area contributed by atoms with Crippen molar-refractivity contribution in [1.82, 2.24) is 4.90 Å². The van der Waals surface area contributed by atoms with Gasteiger partial charge in [-0.25, -0.2) is 4.39 Å². The Morgan fingerprint density at radius 2 is 2.00 bits per heavy atom. The minimum Gasteiger partial charge on any atom is -0.343 e. The Balaban J connectivity index is 1.66. The predicted molar refractivity (Wildman–Crippen MR) is 104 cm³/mol. The van der Waals surface area contributed by atoms with Crippen molar-refractivity contribution >= 4 is 27.5 Å². The predicted octanol–water partition coefficient (Wildman–Crippen LogP) is 3.08. The number of hydrogen-bond donors (Lipinski definition) is 1. The average Bonchev–Trinajstić information content (AvgIpc) is 2.96. The summed E-state index contributed by atoms with van der Waals surface area (Å²) in [6.45, 7) is 2.32. The molecule has 2 aromatic rings. The van der Waals surface area contributed by atoms with Gasteiger partial charge in [-0.2, -0.15) is 8.42 Å². The Morgan fingerprint density at radius 3 is 2.82 bits per heavy atom. The number of anilines is 1. The van der Waals surface area contributed by atoms with E-state index in [4.69, 9.17) is 0 Å². The van der Waals surface area contributed by atoms with E-state index in [0.717, 1.165) is 18.4 Å². The highest BCUT2D eigenvalue weighted by atomic mass is 32.2.